The lowest BCUT2D eigenvalue weighted by Gasteiger charge is -2.24. The van der Waals surface area contributed by atoms with Crippen molar-refractivity contribution in [3.63, 3.8) is 0 Å². The van der Waals surface area contributed by atoms with Crippen LogP contribution in [-0.4, -0.2) is 17.0 Å². The highest BCUT2D eigenvalue weighted by molar-refractivity contribution is 8.00. The third-order valence-electron chi connectivity index (χ3n) is 3.40. The third kappa shape index (κ3) is 2.80. The minimum atomic E-state index is 0.521. The van der Waals surface area contributed by atoms with Crippen molar-refractivity contribution in [3.8, 4) is 0 Å². The summed E-state index contributed by atoms with van der Waals surface area (Å²) < 4.78 is 0. The molecule has 16 heavy (non-hydrogen) atoms. The second-order valence-electron chi connectivity index (χ2n) is 4.51. The highest BCUT2D eigenvalue weighted by atomic mass is 32.2. The molecule has 1 N–H and O–H groups in total. The predicted molar refractivity (Wildman–Crippen MR) is 72.9 cm³/mol. The first-order valence-electron chi connectivity index (χ1n) is 6.24. The lowest BCUT2D eigenvalue weighted by molar-refractivity contribution is 0.425. The van der Waals surface area contributed by atoms with Crippen molar-refractivity contribution >= 4 is 11.8 Å². The van der Waals surface area contributed by atoms with Gasteiger partial charge in [0.15, 0.2) is 0 Å². The zero-order valence-electron chi connectivity index (χ0n) is 10.1. The van der Waals surface area contributed by atoms with Gasteiger partial charge in [-0.15, -0.1) is 0 Å². The fourth-order valence-electron chi connectivity index (χ4n) is 2.34. The van der Waals surface area contributed by atoms with Gasteiger partial charge in [0.25, 0.3) is 0 Å². The molecule has 0 spiro atoms. The topological polar surface area (TPSA) is 12.0 Å². The Hall–Kier alpha value is -0.470. The van der Waals surface area contributed by atoms with Gasteiger partial charge in [0.1, 0.15) is 0 Å². The van der Waals surface area contributed by atoms with E-state index < -0.39 is 0 Å². The maximum absolute atomic E-state index is 3.81. The fraction of sp³-hybridized carbons (Fsp3) is 0.571. The van der Waals surface area contributed by atoms with Crippen LogP contribution < -0.4 is 5.32 Å². The lowest BCUT2D eigenvalue weighted by Crippen LogP contribution is -2.36. The molecular weight excluding hydrogens is 214 g/mol. The molecule has 0 aliphatic carbocycles. The molecule has 0 bridgehead atoms. The number of nitrogens with one attached hydrogen (secondary N) is 1. The normalized spacial score (nSPS) is 26.9. The molecular formula is C14H21NS. The Balaban J connectivity index is 2.00. The van der Waals surface area contributed by atoms with Crippen LogP contribution in [0.2, 0.25) is 0 Å². The van der Waals surface area contributed by atoms with E-state index in [9.17, 15) is 0 Å². The van der Waals surface area contributed by atoms with Crippen molar-refractivity contribution in [2.24, 2.45) is 0 Å². The zero-order chi connectivity index (χ0) is 11.4. The van der Waals surface area contributed by atoms with Gasteiger partial charge in [-0.05, 0) is 24.2 Å². The van der Waals surface area contributed by atoms with Gasteiger partial charge in [-0.25, -0.2) is 0 Å². The van der Waals surface area contributed by atoms with E-state index in [-0.39, 0.29) is 0 Å². The van der Waals surface area contributed by atoms with E-state index in [0.717, 1.165) is 11.7 Å². The minimum Gasteiger partial charge on any atom is -0.306 e. The van der Waals surface area contributed by atoms with Crippen molar-refractivity contribution in [3.05, 3.63) is 35.9 Å². The molecule has 0 aromatic heterocycles. The molecule has 2 rings (SSSR count). The van der Waals surface area contributed by atoms with Crippen molar-refractivity contribution < 1.29 is 0 Å². The number of thioether (sulfide) groups is 1. The molecule has 0 saturated carbocycles. The summed E-state index contributed by atoms with van der Waals surface area (Å²) in [6.07, 6.45) is 2.48. The van der Waals surface area contributed by atoms with Crippen LogP contribution in [0.25, 0.3) is 0 Å². The van der Waals surface area contributed by atoms with Gasteiger partial charge in [-0.2, -0.15) is 11.8 Å². The second kappa shape index (κ2) is 5.74. The number of hydrogen-bond donors (Lipinski definition) is 1. The van der Waals surface area contributed by atoms with Crippen LogP contribution in [-0.2, 0) is 0 Å². The molecule has 3 unspecified atom stereocenters. The van der Waals surface area contributed by atoms with E-state index in [1.54, 1.807) is 0 Å². The van der Waals surface area contributed by atoms with Gasteiger partial charge in [-0.3, -0.25) is 0 Å². The first kappa shape index (κ1) is 12.0. The van der Waals surface area contributed by atoms with Crippen LogP contribution in [0.3, 0.4) is 0 Å². The van der Waals surface area contributed by atoms with E-state index >= 15 is 0 Å². The maximum Gasteiger partial charge on any atom is 0.0320 e. The van der Waals surface area contributed by atoms with E-state index in [4.69, 9.17) is 0 Å². The number of hydrogen-bond acceptors (Lipinski definition) is 2. The summed E-state index contributed by atoms with van der Waals surface area (Å²) in [5, 5.41) is 4.57. The summed E-state index contributed by atoms with van der Waals surface area (Å²) in [5.41, 5.74) is 1.43. The van der Waals surface area contributed by atoms with E-state index in [1.807, 2.05) is 0 Å². The highest BCUT2D eigenvalue weighted by Gasteiger charge is 2.25. The summed E-state index contributed by atoms with van der Waals surface area (Å²) in [4.78, 5) is 0. The average Bonchev–Trinajstić information content (AvgIpc) is 2.73. The molecule has 1 aliphatic rings. The molecule has 1 aliphatic heterocycles. The van der Waals surface area contributed by atoms with Gasteiger partial charge >= 0.3 is 0 Å². The lowest BCUT2D eigenvalue weighted by atomic mass is 10.0. The molecule has 0 radical (unpaired) electrons. The predicted octanol–water partition coefficient (Wildman–Crippen LogP) is 3.62. The Bertz CT molecular complexity index is 312. The number of rotatable bonds is 4. The van der Waals surface area contributed by atoms with E-state index in [2.05, 4.69) is 61.3 Å². The van der Waals surface area contributed by atoms with Crippen LogP contribution in [0.15, 0.2) is 30.3 Å². The van der Waals surface area contributed by atoms with Crippen LogP contribution >= 0.6 is 11.8 Å². The summed E-state index contributed by atoms with van der Waals surface area (Å²) in [7, 11) is 0. The van der Waals surface area contributed by atoms with E-state index in [0.29, 0.717) is 12.1 Å². The van der Waals surface area contributed by atoms with Crippen molar-refractivity contribution in [1.82, 2.24) is 5.32 Å². The van der Waals surface area contributed by atoms with Gasteiger partial charge < -0.3 is 5.32 Å². The van der Waals surface area contributed by atoms with E-state index in [1.165, 1.54) is 17.7 Å². The number of benzene rings is 1. The molecule has 1 aromatic carbocycles. The molecule has 0 amide bonds. The maximum atomic E-state index is 3.81. The Morgan fingerprint density at radius 2 is 2.12 bits per heavy atom. The fourth-order valence-corrected chi connectivity index (χ4v) is 3.55. The Morgan fingerprint density at radius 1 is 1.38 bits per heavy atom. The highest BCUT2D eigenvalue weighted by Crippen LogP contribution is 2.29. The largest absolute Gasteiger partial charge is 0.306 e. The van der Waals surface area contributed by atoms with Crippen LogP contribution in [0, 0.1) is 0 Å². The van der Waals surface area contributed by atoms with Crippen LogP contribution in [0.1, 0.15) is 38.3 Å². The second-order valence-corrected chi connectivity index (χ2v) is 5.99. The van der Waals surface area contributed by atoms with Crippen molar-refractivity contribution in [2.45, 2.75) is 44.0 Å². The molecule has 1 fully saturated rings. The van der Waals surface area contributed by atoms with Gasteiger partial charge in [0, 0.05) is 17.3 Å². The average molecular weight is 235 g/mol. The van der Waals surface area contributed by atoms with Crippen molar-refractivity contribution in [2.75, 3.05) is 5.75 Å². The summed E-state index contributed by atoms with van der Waals surface area (Å²) in [6, 6.07) is 12.0. The molecule has 88 valence electrons. The smallest absolute Gasteiger partial charge is 0.0320 e. The standard InChI is InChI=1S/C14H21NS/c1-3-13(12-7-5-4-6-8-12)15-14-9-10-16-11(14)2/h4-8,11,13-15H,3,9-10H2,1-2H3. The molecule has 3 atom stereocenters. The molecule has 1 heterocycles. The Kier molecular flexibility index (Phi) is 4.30. The molecule has 1 saturated heterocycles. The Labute approximate surface area is 103 Å². The molecule has 1 aromatic rings. The first-order chi connectivity index (χ1) is 7.81. The van der Waals surface area contributed by atoms with Gasteiger partial charge in [0.05, 0.1) is 0 Å². The zero-order valence-corrected chi connectivity index (χ0v) is 11.0. The van der Waals surface area contributed by atoms with Crippen molar-refractivity contribution in [1.29, 1.82) is 0 Å². The Morgan fingerprint density at radius 3 is 2.69 bits per heavy atom. The van der Waals surface area contributed by atoms with Gasteiger partial charge in [-0.1, -0.05) is 44.2 Å². The molecule has 2 heteroatoms. The SMILES string of the molecule is CCC(NC1CCSC1C)c1ccccc1. The van der Waals surface area contributed by atoms with Gasteiger partial charge in [0.2, 0.25) is 0 Å². The summed E-state index contributed by atoms with van der Waals surface area (Å²) >= 11 is 2.09. The monoisotopic (exact) mass is 235 g/mol. The quantitative estimate of drug-likeness (QED) is 0.855. The third-order valence-corrected chi connectivity index (χ3v) is 4.73. The van der Waals surface area contributed by atoms with Crippen LogP contribution in [0.4, 0.5) is 0 Å². The summed E-state index contributed by atoms with van der Waals surface area (Å²) in [6.45, 7) is 4.60. The summed E-state index contributed by atoms with van der Waals surface area (Å²) in [5.74, 6) is 1.31. The first-order valence-corrected chi connectivity index (χ1v) is 7.28. The van der Waals surface area contributed by atoms with Crippen LogP contribution in [0.5, 0.6) is 0 Å². The molecule has 1 nitrogen and oxygen atoms in total. The minimum absolute atomic E-state index is 0.521.